The van der Waals surface area contributed by atoms with Gasteiger partial charge in [-0.05, 0) is 24.3 Å². The fourth-order valence-corrected chi connectivity index (χ4v) is 3.28. The third-order valence-electron chi connectivity index (χ3n) is 3.25. The van der Waals surface area contributed by atoms with Crippen LogP contribution >= 0.6 is 0 Å². The maximum Gasteiger partial charge on any atom is 0.262 e. The van der Waals surface area contributed by atoms with Gasteiger partial charge in [0.05, 0.1) is 10.6 Å². The Bertz CT molecular complexity index is 967. The second-order valence-electron chi connectivity index (χ2n) is 4.62. The molecule has 3 aromatic rings. The molecule has 0 saturated heterocycles. The van der Waals surface area contributed by atoms with Gasteiger partial charge in [0, 0.05) is 6.07 Å². The van der Waals surface area contributed by atoms with Gasteiger partial charge in [0.1, 0.15) is 11.0 Å². The minimum atomic E-state index is -3.77. The lowest BCUT2D eigenvalue weighted by atomic mass is 10.3. The van der Waals surface area contributed by atoms with E-state index >= 15 is 0 Å². The molecule has 0 bridgehead atoms. The van der Waals surface area contributed by atoms with Crippen molar-refractivity contribution in [1.29, 1.82) is 0 Å². The van der Waals surface area contributed by atoms with Gasteiger partial charge in [0.25, 0.3) is 10.0 Å². The zero-order valence-corrected chi connectivity index (χ0v) is 11.9. The summed E-state index contributed by atoms with van der Waals surface area (Å²) in [5, 5.41) is 10.3. The van der Waals surface area contributed by atoms with Gasteiger partial charge < -0.3 is 9.47 Å². The van der Waals surface area contributed by atoms with Gasteiger partial charge in [-0.2, -0.15) is 15.4 Å². The van der Waals surface area contributed by atoms with Crippen LogP contribution in [0.15, 0.2) is 41.3 Å². The number of nitrogens with one attached hydrogen (secondary N) is 2. The maximum absolute atomic E-state index is 12.5. The quantitative estimate of drug-likeness (QED) is 0.758. The van der Waals surface area contributed by atoms with E-state index in [-0.39, 0.29) is 11.7 Å². The molecule has 112 valence electrons. The SMILES string of the molecule is O=S(=O)(Nc1cccc2n[nH]nc12)c1ccc2c(c1)OCO2. The van der Waals surface area contributed by atoms with Gasteiger partial charge in [-0.1, -0.05) is 6.07 Å². The highest BCUT2D eigenvalue weighted by atomic mass is 32.2. The van der Waals surface area contributed by atoms with Crippen LogP contribution in [-0.4, -0.2) is 30.6 Å². The number of benzene rings is 2. The molecule has 0 unspecified atom stereocenters. The van der Waals surface area contributed by atoms with E-state index in [0.717, 1.165) is 0 Å². The monoisotopic (exact) mass is 318 g/mol. The van der Waals surface area contributed by atoms with E-state index in [1.54, 1.807) is 24.3 Å². The van der Waals surface area contributed by atoms with E-state index in [1.165, 1.54) is 12.1 Å². The number of H-pyrrole nitrogens is 1. The van der Waals surface area contributed by atoms with Crippen molar-refractivity contribution in [3.63, 3.8) is 0 Å². The molecule has 0 amide bonds. The second kappa shape index (κ2) is 4.60. The van der Waals surface area contributed by atoms with Gasteiger partial charge >= 0.3 is 0 Å². The highest BCUT2D eigenvalue weighted by Crippen LogP contribution is 2.34. The number of nitrogens with zero attached hydrogens (tertiary/aromatic N) is 2. The molecule has 0 spiro atoms. The molecular weight excluding hydrogens is 308 g/mol. The van der Waals surface area contributed by atoms with Crippen molar-refractivity contribution >= 4 is 26.7 Å². The molecule has 4 rings (SSSR count). The molecule has 1 aliphatic heterocycles. The largest absolute Gasteiger partial charge is 0.454 e. The lowest BCUT2D eigenvalue weighted by Gasteiger charge is -2.08. The smallest absolute Gasteiger partial charge is 0.262 e. The summed E-state index contributed by atoms with van der Waals surface area (Å²) in [4.78, 5) is 0.0808. The van der Waals surface area contributed by atoms with E-state index in [2.05, 4.69) is 20.1 Å². The van der Waals surface area contributed by atoms with Crippen LogP contribution in [0.1, 0.15) is 0 Å². The first-order valence-corrected chi connectivity index (χ1v) is 7.84. The third-order valence-corrected chi connectivity index (χ3v) is 4.61. The molecule has 22 heavy (non-hydrogen) atoms. The highest BCUT2D eigenvalue weighted by molar-refractivity contribution is 7.92. The number of para-hydroxylation sites is 1. The standard InChI is InChI=1S/C13H10N4O4S/c18-22(19,8-4-5-11-12(6-8)21-7-20-11)16-10-3-1-2-9-13(10)15-17-14-9/h1-6,16H,7H2,(H,14,15,17). The predicted molar refractivity (Wildman–Crippen MR) is 77.3 cm³/mol. The topological polar surface area (TPSA) is 106 Å². The van der Waals surface area contributed by atoms with Gasteiger partial charge in [-0.25, -0.2) is 8.42 Å². The minimum absolute atomic E-state index is 0.0808. The van der Waals surface area contributed by atoms with Crippen molar-refractivity contribution in [1.82, 2.24) is 15.4 Å². The summed E-state index contributed by atoms with van der Waals surface area (Å²) >= 11 is 0. The second-order valence-corrected chi connectivity index (χ2v) is 6.30. The van der Waals surface area contributed by atoms with E-state index in [1.807, 2.05) is 0 Å². The first-order valence-electron chi connectivity index (χ1n) is 6.35. The van der Waals surface area contributed by atoms with Gasteiger partial charge in [0.15, 0.2) is 11.5 Å². The summed E-state index contributed by atoms with van der Waals surface area (Å²) in [5.41, 5.74) is 1.38. The number of rotatable bonds is 3. The Kier molecular flexibility index (Phi) is 2.70. The molecule has 1 aromatic heterocycles. The Morgan fingerprint density at radius 1 is 1.09 bits per heavy atom. The summed E-state index contributed by atoms with van der Waals surface area (Å²) in [6.45, 7) is 0.0878. The molecule has 0 radical (unpaired) electrons. The van der Waals surface area contributed by atoms with Crippen LogP contribution in [0, 0.1) is 0 Å². The molecule has 2 N–H and O–H groups in total. The van der Waals surface area contributed by atoms with Crippen LogP contribution in [0.2, 0.25) is 0 Å². The number of hydrogen-bond acceptors (Lipinski definition) is 6. The molecule has 0 fully saturated rings. The van der Waals surface area contributed by atoms with Crippen LogP contribution in [0.5, 0.6) is 11.5 Å². The van der Waals surface area contributed by atoms with Crippen LogP contribution in [-0.2, 0) is 10.0 Å². The summed E-state index contributed by atoms with van der Waals surface area (Å²) < 4.78 is 37.9. The van der Waals surface area contributed by atoms with Gasteiger partial charge in [-0.15, -0.1) is 0 Å². The van der Waals surface area contributed by atoms with Crippen molar-refractivity contribution in [2.75, 3.05) is 11.5 Å². The molecule has 2 heterocycles. The van der Waals surface area contributed by atoms with Crippen molar-refractivity contribution in [2.24, 2.45) is 0 Å². The van der Waals surface area contributed by atoms with Crippen LogP contribution in [0.4, 0.5) is 5.69 Å². The molecule has 0 aliphatic carbocycles. The van der Waals surface area contributed by atoms with E-state index in [4.69, 9.17) is 9.47 Å². The Balaban J connectivity index is 1.74. The Morgan fingerprint density at radius 3 is 2.86 bits per heavy atom. The van der Waals surface area contributed by atoms with Crippen molar-refractivity contribution in [3.05, 3.63) is 36.4 Å². The normalized spacial score (nSPS) is 13.5. The summed E-state index contributed by atoms with van der Waals surface area (Å²) in [6.07, 6.45) is 0. The summed E-state index contributed by atoms with van der Waals surface area (Å²) in [6, 6.07) is 9.49. The molecule has 0 atom stereocenters. The fourth-order valence-electron chi connectivity index (χ4n) is 2.20. The van der Waals surface area contributed by atoms with E-state index in [9.17, 15) is 8.42 Å². The number of anilines is 1. The van der Waals surface area contributed by atoms with Crippen LogP contribution in [0.25, 0.3) is 11.0 Å². The minimum Gasteiger partial charge on any atom is -0.454 e. The van der Waals surface area contributed by atoms with Crippen molar-refractivity contribution in [2.45, 2.75) is 4.90 Å². The van der Waals surface area contributed by atoms with Gasteiger partial charge in [-0.3, -0.25) is 4.72 Å². The number of hydrogen-bond donors (Lipinski definition) is 2. The van der Waals surface area contributed by atoms with E-state index in [0.29, 0.717) is 28.2 Å². The average Bonchev–Trinajstić information content (AvgIpc) is 3.15. The highest BCUT2D eigenvalue weighted by Gasteiger charge is 2.21. The molecule has 2 aromatic carbocycles. The maximum atomic E-state index is 12.5. The number of fused-ring (bicyclic) bond motifs is 2. The fraction of sp³-hybridized carbons (Fsp3) is 0.0769. The molecule has 1 aliphatic rings. The van der Waals surface area contributed by atoms with Gasteiger partial charge in [0.2, 0.25) is 6.79 Å². The number of sulfonamides is 1. The van der Waals surface area contributed by atoms with E-state index < -0.39 is 10.0 Å². The molecule has 8 nitrogen and oxygen atoms in total. The molecule has 9 heteroatoms. The Morgan fingerprint density at radius 2 is 1.95 bits per heavy atom. The average molecular weight is 318 g/mol. The molecular formula is C13H10N4O4S. The van der Waals surface area contributed by atoms with Crippen molar-refractivity contribution < 1.29 is 17.9 Å². The molecule has 0 saturated carbocycles. The lowest BCUT2D eigenvalue weighted by molar-refractivity contribution is 0.174. The van der Waals surface area contributed by atoms with Crippen molar-refractivity contribution in [3.8, 4) is 11.5 Å². The summed E-state index contributed by atoms with van der Waals surface area (Å²) in [7, 11) is -3.77. The number of aromatic amines is 1. The number of ether oxygens (including phenoxy) is 2. The Labute approximate surface area is 125 Å². The zero-order chi connectivity index (χ0) is 15.2. The lowest BCUT2D eigenvalue weighted by Crippen LogP contribution is -2.13. The predicted octanol–water partition coefficient (Wildman–Crippen LogP) is 1.49. The first-order chi connectivity index (χ1) is 10.6. The third kappa shape index (κ3) is 2.02. The zero-order valence-electron chi connectivity index (χ0n) is 11.1. The van der Waals surface area contributed by atoms with Crippen LogP contribution < -0.4 is 14.2 Å². The van der Waals surface area contributed by atoms with Crippen LogP contribution in [0.3, 0.4) is 0 Å². The summed E-state index contributed by atoms with van der Waals surface area (Å²) in [5.74, 6) is 0.931. The number of aromatic nitrogens is 3. The Hall–Kier alpha value is -2.81. The first kappa shape index (κ1) is 12.9.